The summed E-state index contributed by atoms with van der Waals surface area (Å²) in [5.41, 5.74) is 0.795. The van der Waals surface area contributed by atoms with E-state index in [1.165, 1.54) is 0 Å². The molecular weight excluding hydrogens is 220 g/mol. The molecule has 0 radical (unpaired) electrons. The number of rotatable bonds is 2. The Balaban J connectivity index is 2.49. The SMILES string of the molecule is CC(C)(C)OCc1n[nH]cc1Br. The molecule has 0 atom stereocenters. The Morgan fingerprint density at radius 2 is 2.25 bits per heavy atom. The van der Waals surface area contributed by atoms with Gasteiger partial charge in [0.05, 0.1) is 16.7 Å². The largest absolute Gasteiger partial charge is 0.369 e. The van der Waals surface area contributed by atoms with E-state index < -0.39 is 0 Å². The number of ether oxygens (including phenoxy) is 1. The molecule has 0 spiro atoms. The molecule has 0 saturated carbocycles. The number of hydrogen-bond acceptors (Lipinski definition) is 2. The van der Waals surface area contributed by atoms with Crippen molar-refractivity contribution in [1.29, 1.82) is 0 Å². The first-order valence-corrected chi connectivity index (χ1v) is 4.60. The van der Waals surface area contributed by atoms with E-state index in [9.17, 15) is 0 Å². The summed E-state index contributed by atoms with van der Waals surface area (Å²) < 4.78 is 6.51. The van der Waals surface area contributed by atoms with Gasteiger partial charge in [-0.25, -0.2) is 0 Å². The molecule has 0 aromatic carbocycles. The Bertz CT molecular complexity index is 252. The van der Waals surface area contributed by atoms with E-state index in [0.717, 1.165) is 10.2 Å². The van der Waals surface area contributed by atoms with Gasteiger partial charge in [0.25, 0.3) is 0 Å². The molecule has 0 bridgehead atoms. The van der Waals surface area contributed by atoms with Gasteiger partial charge in [0.15, 0.2) is 0 Å². The predicted molar refractivity (Wildman–Crippen MR) is 50.8 cm³/mol. The zero-order valence-electron chi connectivity index (χ0n) is 7.52. The number of nitrogens with zero attached hydrogens (tertiary/aromatic N) is 1. The Morgan fingerprint density at radius 3 is 2.67 bits per heavy atom. The molecule has 1 heterocycles. The molecule has 0 saturated heterocycles. The van der Waals surface area contributed by atoms with E-state index in [1.54, 1.807) is 6.20 Å². The summed E-state index contributed by atoms with van der Waals surface area (Å²) in [7, 11) is 0. The monoisotopic (exact) mass is 232 g/mol. The topological polar surface area (TPSA) is 37.9 Å². The van der Waals surface area contributed by atoms with Crippen molar-refractivity contribution in [2.45, 2.75) is 33.0 Å². The van der Waals surface area contributed by atoms with E-state index in [4.69, 9.17) is 4.74 Å². The molecule has 1 N–H and O–H groups in total. The second-order valence-electron chi connectivity index (χ2n) is 3.58. The fraction of sp³-hybridized carbons (Fsp3) is 0.625. The van der Waals surface area contributed by atoms with E-state index in [1.807, 2.05) is 20.8 Å². The smallest absolute Gasteiger partial charge is 0.102 e. The fourth-order valence-electron chi connectivity index (χ4n) is 0.690. The van der Waals surface area contributed by atoms with Crippen LogP contribution in [-0.2, 0) is 11.3 Å². The molecule has 0 unspecified atom stereocenters. The fourth-order valence-corrected chi connectivity index (χ4v) is 0.995. The minimum Gasteiger partial charge on any atom is -0.369 e. The van der Waals surface area contributed by atoms with Crippen LogP contribution in [0, 0.1) is 0 Å². The van der Waals surface area contributed by atoms with Crippen molar-refractivity contribution in [2.75, 3.05) is 0 Å². The van der Waals surface area contributed by atoms with Crippen molar-refractivity contribution in [3.05, 3.63) is 16.4 Å². The third kappa shape index (κ3) is 2.95. The number of aromatic nitrogens is 2. The van der Waals surface area contributed by atoms with Crippen molar-refractivity contribution in [1.82, 2.24) is 10.2 Å². The van der Waals surface area contributed by atoms with Gasteiger partial charge in [-0.1, -0.05) is 0 Å². The van der Waals surface area contributed by atoms with Crippen LogP contribution >= 0.6 is 15.9 Å². The maximum absolute atomic E-state index is 5.54. The summed E-state index contributed by atoms with van der Waals surface area (Å²) in [6.45, 7) is 6.60. The third-order valence-corrected chi connectivity index (χ3v) is 1.99. The Labute approximate surface area is 80.6 Å². The third-order valence-electron chi connectivity index (χ3n) is 1.31. The van der Waals surface area contributed by atoms with Gasteiger partial charge in [0.1, 0.15) is 5.69 Å². The summed E-state index contributed by atoms with van der Waals surface area (Å²) >= 11 is 3.36. The number of hydrogen-bond donors (Lipinski definition) is 1. The Hall–Kier alpha value is -0.350. The van der Waals surface area contributed by atoms with E-state index in [2.05, 4.69) is 26.1 Å². The molecule has 1 aromatic rings. The molecule has 68 valence electrons. The van der Waals surface area contributed by atoms with Gasteiger partial charge < -0.3 is 4.74 Å². The Morgan fingerprint density at radius 1 is 1.58 bits per heavy atom. The quantitative estimate of drug-likeness (QED) is 0.852. The molecule has 4 heteroatoms. The van der Waals surface area contributed by atoms with E-state index >= 15 is 0 Å². The standard InChI is InChI=1S/C8H13BrN2O/c1-8(2,3)12-5-7-6(9)4-10-11-7/h4H,5H2,1-3H3,(H,10,11). The molecule has 0 aliphatic carbocycles. The maximum Gasteiger partial charge on any atom is 0.102 e. The summed E-state index contributed by atoms with van der Waals surface area (Å²) in [5, 5.41) is 6.78. The lowest BCUT2D eigenvalue weighted by molar-refractivity contribution is -0.0167. The van der Waals surface area contributed by atoms with Gasteiger partial charge in [-0.15, -0.1) is 0 Å². The predicted octanol–water partition coefficient (Wildman–Crippen LogP) is 2.49. The lowest BCUT2D eigenvalue weighted by atomic mass is 10.2. The highest BCUT2D eigenvalue weighted by atomic mass is 79.9. The number of aromatic amines is 1. The molecule has 0 amide bonds. The van der Waals surface area contributed by atoms with Crippen molar-refractivity contribution in [2.24, 2.45) is 0 Å². The first-order chi connectivity index (χ1) is 5.49. The highest BCUT2D eigenvalue weighted by Crippen LogP contribution is 2.16. The molecule has 1 rings (SSSR count). The van der Waals surface area contributed by atoms with Crippen molar-refractivity contribution >= 4 is 15.9 Å². The van der Waals surface area contributed by atoms with Crippen LogP contribution in [0.15, 0.2) is 10.7 Å². The molecule has 0 fully saturated rings. The van der Waals surface area contributed by atoms with Gasteiger partial charge >= 0.3 is 0 Å². The minimum atomic E-state index is -0.113. The normalized spacial score (nSPS) is 12.0. The summed E-state index contributed by atoms with van der Waals surface area (Å²) in [5.74, 6) is 0. The van der Waals surface area contributed by atoms with Crippen LogP contribution in [0.4, 0.5) is 0 Å². The lowest BCUT2D eigenvalue weighted by Crippen LogP contribution is -2.18. The van der Waals surface area contributed by atoms with Crippen LogP contribution in [0.25, 0.3) is 0 Å². The molecule has 3 nitrogen and oxygen atoms in total. The van der Waals surface area contributed by atoms with Gasteiger partial charge in [0, 0.05) is 6.20 Å². The molecule has 12 heavy (non-hydrogen) atoms. The molecule has 0 aliphatic rings. The van der Waals surface area contributed by atoms with Crippen molar-refractivity contribution in [3.8, 4) is 0 Å². The van der Waals surface area contributed by atoms with Crippen LogP contribution in [0.1, 0.15) is 26.5 Å². The van der Waals surface area contributed by atoms with E-state index in [-0.39, 0.29) is 5.60 Å². The summed E-state index contributed by atoms with van der Waals surface area (Å²) in [4.78, 5) is 0. The average Bonchev–Trinajstić information content (AvgIpc) is 2.29. The van der Waals surface area contributed by atoms with Gasteiger partial charge in [-0.05, 0) is 36.7 Å². The van der Waals surface area contributed by atoms with Crippen molar-refractivity contribution in [3.63, 3.8) is 0 Å². The summed E-state index contributed by atoms with van der Waals surface area (Å²) in [6, 6.07) is 0. The second kappa shape index (κ2) is 3.58. The van der Waals surface area contributed by atoms with Gasteiger partial charge in [-0.3, -0.25) is 5.10 Å². The first-order valence-electron chi connectivity index (χ1n) is 3.81. The van der Waals surface area contributed by atoms with E-state index in [0.29, 0.717) is 6.61 Å². The van der Waals surface area contributed by atoms with Crippen LogP contribution in [0.5, 0.6) is 0 Å². The van der Waals surface area contributed by atoms with Crippen LogP contribution in [-0.4, -0.2) is 15.8 Å². The molecular formula is C8H13BrN2O. The summed E-state index contributed by atoms with van der Waals surface area (Å²) in [6.07, 6.45) is 1.79. The molecule has 0 aliphatic heterocycles. The van der Waals surface area contributed by atoms with Crippen molar-refractivity contribution < 1.29 is 4.74 Å². The van der Waals surface area contributed by atoms with Crippen LogP contribution in [0.2, 0.25) is 0 Å². The van der Waals surface area contributed by atoms with Gasteiger partial charge in [-0.2, -0.15) is 5.10 Å². The lowest BCUT2D eigenvalue weighted by Gasteiger charge is -2.18. The highest BCUT2D eigenvalue weighted by Gasteiger charge is 2.12. The Kier molecular flexibility index (Phi) is 2.90. The highest BCUT2D eigenvalue weighted by molar-refractivity contribution is 9.10. The van der Waals surface area contributed by atoms with Crippen LogP contribution < -0.4 is 0 Å². The first kappa shape index (κ1) is 9.74. The van der Waals surface area contributed by atoms with Gasteiger partial charge in [0.2, 0.25) is 0 Å². The average molecular weight is 233 g/mol. The number of H-pyrrole nitrogens is 1. The number of halogens is 1. The number of nitrogens with one attached hydrogen (secondary N) is 1. The zero-order chi connectivity index (χ0) is 9.19. The van der Waals surface area contributed by atoms with Crippen LogP contribution in [0.3, 0.4) is 0 Å². The zero-order valence-corrected chi connectivity index (χ0v) is 9.10. The minimum absolute atomic E-state index is 0.113. The maximum atomic E-state index is 5.54. The molecule has 1 aromatic heterocycles. The second-order valence-corrected chi connectivity index (χ2v) is 4.44.